The first-order valence-electron chi connectivity index (χ1n) is 4.95. The second-order valence-electron chi connectivity index (χ2n) is 3.17. The fourth-order valence-electron chi connectivity index (χ4n) is 1.29. The van der Waals surface area contributed by atoms with Crippen molar-refractivity contribution in [2.45, 2.75) is 6.54 Å². The van der Waals surface area contributed by atoms with Gasteiger partial charge >= 0.3 is 0 Å². The minimum Gasteiger partial charge on any atom is -0.508 e. The lowest BCUT2D eigenvalue weighted by atomic mass is 10.2. The molecule has 0 aliphatic heterocycles. The fourth-order valence-corrected chi connectivity index (χ4v) is 1.29. The van der Waals surface area contributed by atoms with Crippen LogP contribution in [0.1, 0.15) is 5.56 Å². The number of phenols is 1. The molecule has 0 radical (unpaired) electrons. The van der Waals surface area contributed by atoms with E-state index in [2.05, 4.69) is 15.6 Å². The van der Waals surface area contributed by atoms with Gasteiger partial charge in [-0.1, -0.05) is 0 Å². The molecule has 5 nitrogen and oxygen atoms in total. The molecule has 1 rings (SSSR count). The second kappa shape index (κ2) is 7.99. The molecule has 0 unspecified atom stereocenters. The van der Waals surface area contributed by atoms with Gasteiger partial charge in [0.15, 0.2) is 5.96 Å². The molecular weight excluding hydrogens is 333 g/mol. The summed E-state index contributed by atoms with van der Waals surface area (Å²) < 4.78 is 5.08. The van der Waals surface area contributed by atoms with E-state index in [1.54, 1.807) is 39.4 Å². The number of hydrogen-bond donors (Lipinski definition) is 3. The van der Waals surface area contributed by atoms with Crippen molar-refractivity contribution in [1.29, 1.82) is 0 Å². The average Bonchev–Trinajstić information content (AvgIpc) is 2.32. The van der Waals surface area contributed by atoms with Crippen LogP contribution >= 0.6 is 24.0 Å². The molecular formula is C11H18IN3O2. The number of rotatable bonds is 3. The third kappa shape index (κ3) is 4.68. The van der Waals surface area contributed by atoms with E-state index in [1.165, 1.54) is 0 Å². The highest BCUT2D eigenvalue weighted by Crippen LogP contribution is 2.22. The van der Waals surface area contributed by atoms with Gasteiger partial charge in [0.1, 0.15) is 11.5 Å². The van der Waals surface area contributed by atoms with Crippen LogP contribution in [0.25, 0.3) is 0 Å². The zero-order chi connectivity index (χ0) is 12.0. The van der Waals surface area contributed by atoms with E-state index in [0.717, 1.165) is 5.56 Å². The van der Waals surface area contributed by atoms with E-state index < -0.39 is 0 Å². The number of aromatic hydroxyl groups is 1. The van der Waals surface area contributed by atoms with Gasteiger partial charge in [-0.25, -0.2) is 0 Å². The average molecular weight is 351 g/mol. The van der Waals surface area contributed by atoms with Crippen molar-refractivity contribution in [3.63, 3.8) is 0 Å². The minimum atomic E-state index is 0. The Morgan fingerprint density at radius 2 is 2.18 bits per heavy atom. The highest BCUT2D eigenvalue weighted by Gasteiger charge is 2.03. The summed E-state index contributed by atoms with van der Waals surface area (Å²) in [6, 6.07) is 5.11. The molecule has 96 valence electrons. The maximum atomic E-state index is 9.63. The summed E-state index contributed by atoms with van der Waals surface area (Å²) >= 11 is 0. The first-order valence-corrected chi connectivity index (χ1v) is 4.95. The normalized spacial score (nSPS) is 10.4. The first-order chi connectivity index (χ1) is 7.71. The highest BCUT2D eigenvalue weighted by molar-refractivity contribution is 14.0. The lowest BCUT2D eigenvalue weighted by Crippen LogP contribution is -2.34. The number of aliphatic imine (C=N–C) groups is 1. The van der Waals surface area contributed by atoms with Crippen LogP contribution < -0.4 is 15.4 Å². The van der Waals surface area contributed by atoms with Crippen molar-refractivity contribution in [2.75, 3.05) is 21.2 Å². The first kappa shape index (κ1) is 15.8. The van der Waals surface area contributed by atoms with Gasteiger partial charge in [0.05, 0.1) is 7.11 Å². The predicted molar refractivity (Wildman–Crippen MR) is 79.3 cm³/mol. The third-order valence-electron chi connectivity index (χ3n) is 2.19. The zero-order valence-corrected chi connectivity index (χ0v) is 12.5. The maximum absolute atomic E-state index is 9.63. The monoisotopic (exact) mass is 351 g/mol. The molecule has 1 aromatic rings. The quantitative estimate of drug-likeness (QED) is 0.437. The van der Waals surface area contributed by atoms with Gasteiger partial charge < -0.3 is 20.5 Å². The number of nitrogens with zero attached hydrogens (tertiary/aromatic N) is 1. The van der Waals surface area contributed by atoms with Gasteiger partial charge in [0, 0.05) is 26.2 Å². The Morgan fingerprint density at radius 1 is 1.47 bits per heavy atom. The molecule has 0 atom stereocenters. The Balaban J connectivity index is 0.00000256. The molecule has 1 aromatic carbocycles. The van der Waals surface area contributed by atoms with Crippen molar-refractivity contribution in [2.24, 2.45) is 4.99 Å². The molecule has 0 aliphatic rings. The molecule has 0 aromatic heterocycles. The summed E-state index contributed by atoms with van der Waals surface area (Å²) in [5, 5.41) is 15.6. The van der Waals surface area contributed by atoms with E-state index in [4.69, 9.17) is 4.74 Å². The van der Waals surface area contributed by atoms with Crippen LogP contribution in [-0.4, -0.2) is 32.3 Å². The second-order valence-corrected chi connectivity index (χ2v) is 3.17. The molecule has 0 fully saturated rings. The summed E-state index contributed by atoms with van der Waals surface area (Å²) in [5.41, 5.74) is 0.760. The minimum absolute atomic E-state index is 0. The number of guanidine groups is 1. The van der Waals surface area contributed by atoms with Gasteiger partial charge in [-0.15, -0.1) is 24.0 Å². The SMILES string of the molecule is CN=C(NC)NCc1cc(OC)ccc1O.I. The van der Waals surface area contributed by atoms with Crippen LogP contribution in [0.4, 0.5) is 0 Å². The van der Waals surface area contributed by atoms with E-state index in [9.17, 15) is 5.11 Å². The van der Waals surface area contributed by atoms with Crippen molar-refractivity contribution in [1.82, 2.24) is 10.6 Å². The lowest BCUT2D eigenvalue weighted by Gasteiger charge is -2.10. The van der Waals surface area contributed by atoms with E-state index in [1.807, 2.05) is 0 Å². The van der Waals surface area contributed by atoms with Gasteiger partial charge in [0.2, 0.25) is 0 Å². The number of nitrogens with one attached hydrogen (secondary N) is 2. The molecule has 0 aliphatic carbocycles. The predicted octanol–water partition coefficient (Wildman–Crippen LogP) is 1.31. The van der Waals surface area contributed by atoms with Crippen LogP contribution in [0.3, 0.4) is 0 Å². The van der Waals surface area contributed by atoms with Crippen LogP contribution in [0, 0.1) is 0 Å². The maximum Gasteiger partial charge on any atom is 0.190 e. The van der Waals surface area contributed by atoms with Crippen LogP contribution in [0.15, 0.2) is 23.2 Å². The molecule has 0 spiro atoms. The van der Waals surface area contributed by atoms with E-state index >= 15 is 0 Å². The number of methoxy groups -OCH3 is 1. The summed E-state index contributed by atoms with van der Waals surface area (Å²) in [5.74, 6) is 1.62. The molecule has 3 N–H and O–H groups in total. The Hall–Kier alpha value is -1.18. The molecule has 0 saturated heterocycles. The van der Waals surface area contributed by atoms with Gasteiger partial charge in [-0.05, 0) is 18.2 Å². The third-order valence-corrected chi connectivity index (χ3v) is 2.19. The van der Waals surface area contributed by atoms with E-state index in [-0.39, 0.29) is 29.7 Å². The highest BCUT2D eigenvalue weighted by atomic mass is 127. The topological polar surface area (TPSA) is 65.9 Å². The largest absolute Gasteiger partial charge is 0.508 e. The summed E-state index contributed by atoms with van der Waals surface area (Å²) in [6.07, 6.45) is 0. The number of hydrogen-bond acceptors (Lipinski definition) is 3. The molecule has 0 heterocycles. The Morgan fingerprint density at radius 3 is 2.71 bits per heavy atom. The van der Waals surface area contributed by atoms with Gasteiger partial charge in [0.25, 0.3) is 0 Å². The lowest BCUT2D eigenvalue weighted by molar-refractivity contribution is 0.410. The smallest absolute Gasteiger partial charge is 0.190 e. The van der Waals surface area contributed by atoms with Crippen molar-refractivity contribution in [3.8, 4) is 11.5 Å². The number of benzene rings is 1. The molecule has 6 heteroatoms. The summed E-state index contributed by atoms with van der Waals surface area (Å²) in [6.45, 7) is 0.483. The van der Waals surface area contributed by atoms with E-state index in [0.29, 0.717) is 18.3 Å². The molecule has 0 bridgehead atoms. The molecule has 17 heavy (non-hydrogen) atoms. The summed E-state index contributed by atoms with van der Waals surface area (Å²) in [7, 11) is 5.06. The molecule has 0 amide bonds. The van der Waals surface area contributed by atoms with Crippen molar-refractivity contribution < 1.29 is 9.84 Å². The number of ether oxygens (including phenoxy) is 1. The standard InChI is InChI=1S/C11H17N3O2.HI/c1-12-11(13-2)14-7-8-6-9(16-3)4-5-10(8)15;/h4-6,15H,7H2,1-3H3,(H2,12,13,14);1H. The Kier molecular flexibility index (Phi) is 7.44. The summed E-state index contributed by atoms with van der Waals surface area (Å²) in [4.78, 5) is 3.98. The van der Waals surface area contributed by atoms with Gasteiger partial charge in [-0.2, -0.15) is 0 Å². The zero-order valence-electron chi connectivity index (χ0n) is 10.2. The van der Waals surface area contributed by atoms with Crippen molar-refractivity contribution >= 4 is 29.9 Å². The number of halogens is 1. The fraction of sp³-hybridized carbons (Fsp3) is 0.364. The Bertz CT molecular complexity index is 383. The van der Waals surface area contributed by atoms with Crippen LogP contribution in [0.5, 0.6) is 11.5 Å². The number of phenolic OH excluding ortho intramolecular Hbond substituents is 1. The van der Waals surface area contributed by atoms with Gasteiger partial charge in [-0.3, -0.25) is 4.99 Å². The van der Waals surface area contributed by atoms with Crippen molar-refractivity contribution in [3.05, 3.63) is 23.8 Å². The van der Waals surface area contributed by atoms with Crippen LogP contribution in [0.2, 0.25) is 0 Å². The molecule has 0 saturated carbocycles. The van der Waals surface area contributed by atoms with Crippen LogP contribution in [-0.2, 0) is 6.54 Å². The Labute approximate surface area is 118 Å².